The molecule has 0 radical (unpaired) electrons. The van der Waals surface area contributed by atoms with Crippen molar-refractivity contribution in [1.82, 2.24) is 14.7 Å². The highest BCUT2D eigenvalue weighted by molar-refractivity contribution is 5.78. The molecule has 130 valence electrons. The van der Waals surface area contributed by atoms with E-state index in [1.807, 2.05) is 49.6 Å². The van der Waals surface area contributed by atoms with Gasteiger partial charge in [0, 0.05) is 30.8 Å². The third-order valence-corrected chi connectivity index (χ3v) is 4.78. The van der Waals surface area contributed by atoms with Gasteiger partial charge in [-0.3, -0.25) is 4.79 Å². The monoisotopic (exact) mass is 335 g/mol. The second-order valence-corrected chi connectivity index (χ2v) is 6.60. The molecule has 0 saturated heterocycles. The van der Waals surface area contributed by atoms with Crippen LogP contribution in [0.1, 0.15) is 49.4 Å². The second-order valence-electron chi connectivity index (χ2n) is 6.60. The van der Waals surface area contributed by atoms with E-state index in [1.54, 1.807) is 0 Å². The van der Waals surface area contributed by atoms with Crippen LogP contribution in [0.25, 0.3) is 5.65 Å². The van der Waals surface area contributed by atoms with Gasteiger partial charge in [-0.15, -0.1) is 0 Å². The Hall–Kier alpha value is -2.62. The lowest BCUT2D eigenvalue weighted by Crippen LogP contribution is -2.33. The van der Waals surface area contributed by atoms with Gasteiger partial charge in [-0.2, -0.15) is 0 Å². The van der Waals surface area contributed by atoms with Gasteiger partial charge in [0.15, 0.2) is 0 Å². The number of nitrogens with zero attached hydrogens (tertiary/aromatic N) is 2. The Balaban J connectivity index is 2.01. The molecule has 1 amide bonds. The van der Waals surface area contributed by atoms with Gasteiger partial charge in [0.2, 0.25) is 5.91 Å². The van der Waals surface area contributed by atoms with Gasteiger partial charge in [0.1, 0.15) is 5.65 Å². The molecule has 2 heterocycles. The molecule has 0 aliphatic carbocycles. The number of hydrogen-bond donors (Lipinski definition) is 1. The minimum absolute atomic E-state index is 0.0253. The third kappa shape index (κ3) is 3.73. The summed E-state index contributed by atoms with van der Waals surface area (Å²) >= 11 is 0. The van der Waals surface area contributed by atoms with Gasteiger partial charge < -0.3 is 9.72 Å². The highest BCUT2D eigenvalue weighted by Gasteiger charge is 2.23. The number of fused-ring (bicyclic) bond motifs is 1. The number of pyridine rings is 1. The first-order valence-corrected chi connectivity index (χ1v) is 8.87. The van der Waals surface area contributed by atoms with Gasteiger partial charge in [0.05, 0.1) is 5.69 Å². The number of aromatic nitrogens is 2. The number of hydrogen-bond acceptors (Lipinski definition) is 2. The van der Waals surface area contributed by atoms with Crippen LogP contribution in [0.3, 0.4) is 0 Å². The van der Waals surface area contributed by atoms with E-state index in [-0.39, 0.29) is 17.9 Å². The van der Waals surface area contributed by atoms with E-state index in [0.29, 0.717) is 6.42 Å². The van der Waals surface area contributed by atoms with Crippen molar-refractivity contribution in [2.24, 2.45) is 0 Å². The fourth-order valence-electron chi connectivity index (χ4n) is 3.18. The minimum Gasteiger partial charge on any atom is -0.354 e. The van der Waals surface area contributed by atoms with E-state index >= 15 is 0 Å². The predicted octanol–water partition coefficient (Wildman–Crippen LogP) is 4.08. The van der Waals surface area contributed by atoms with Gasteiger partial charge in [-0.05, 0) is 43.5 Å². The summed E-state index contributed by atoms with van der Waals surface area (Å²) < 4.78 is 2.08. The molecule has 0 fully saturated rings. The first-order chi connectivity index (χ1) is 12.1. The van der Waals surface area contributed by atoms with Crippen molar-refractivity contribution in [3.8, 4) is 0 Å². The molecule has 0 spiro atoms. The molecule has 3 aromatic rings. The van der Waals surface area contributed by atoms with Crippen molar-refractivity contribution >= 4 is 11.6 Å². The van der Waals surface area contributed by atoms with Crippen molar-refractivity contribution in [1.29, 1.82) is 0 Å². The highest BCUT2D eigenvalue weighted by Crippen LogP contribution is 2.30. The smallest absolute Gasteiger partial charge is 0.221 e. The molecule has 0 bridgehead atoms. The topological polar surface area (TPSA) is 46.4 Å². The summed E-state index contributed by atoms with van der Waals surface area (Å²) in [5, 5.41) is 3.09. The summed E-state index contributed by atoms with van der Waals surface area (Å²) in [6.45, 7) is 6.21. The van der Waals surface area contributed by atoms with Crippen molar-refractivity contribution in [2.45, 2.75) is 45.6 Å². The van der Waals surface area contributed by atoms with E-state index in [0.717, 1.165) is 17.8 Å². The molecule has 4 nitrogen and oxygen atoms in total. The summed E-state index contributed by atoms with van der Waals surface area (Å²) in [6, 6.07) is 14.4. The Kier molecular flexibility index (Phi) is 5.17. The van der Waals surface area contributed by atoms with Crippen LogP contribution < -0.4 is 5.32 Å². The number of amides is 1. The molecule has 3 rings (SSSR count). The number of aryl methyl sites for hydroxylation is 1. The summed E-state index contributed by atoms with van der Waals surface area (Å²) in [5.41, 5.74) is 4.31. The molecule has 1 N–H and O–H groups in total. The van der Waals surface area contributed by atoms with Crippen LogP contribution in [0.4, 0.5) is 0 Å². The molecule has 0 saturated carbocycles. The summed E-state index contributed by atoms with van der Waals surface area (Å²) in [7, 11) is 0. The Labute approximate surface area is 148 Å². The zero-order chi connectivity index (χ0) is 17.8. The molecule has 0 aliphatic rings. The summed E-state index contributed by atoms with van der Waals surface area (Å²) in [6.07, 6.45) is 5.24. The lowest BCUT2D eigenvalue weighted by molar-refractivity contribution is -0.121. The lowest BCUT2D eigenvalue weighted by atomic mass is 9.89. The van der Waals surface area contributed by atoms with E-state index in [1.165, 1.54) is 11.1 Å². The quantitative estimate of drug-likeness (QED) is 0.738. The van der Waals surface area contributed by atoms with Crippen molar-refractivity contribution < 1.29 is 4.79 Å². The molecule has 4 heteroatoms. The van der Waals surface area contributed by atoms with Crippen LogP contribution in [0.2, 0.25) is 0 Å². The van der Waals surface area contributed by atoms with Crippen LogP contribution in [-0.4, -0.2) is 21.3 Å². The Bertz CT molecular complexity index is 868. The average molecular weight is 335 g/mol. The van der Waals surface area contributed by atoms with Crippen LogP contribution in [0.5, 0.6) is 0 Å². The number of carbonyl (C=O) groups is 1. The standard InChI is InChI=1S/C21H25N3O/c1-4-16(3)23-21(25)13-18(17-10-6-5-9-15(17)2)19-14-22-20-11-7-8-12-24(19)20/h5-12,14,16,18H,4,13H2,1-3H3,(H,23,25)/t16-,18+/m1/s1. The van der Waals surface area contributed by atoms with E-state index < -0.39 is 0 Å². The van der Waals surface area contributed by atoms with Crippen molar-refractivity contribution in [2.75, 3.05) is 0 Å². The fraction of sp³-hybridized carbons (Fsp3) is 0.333. The molecule has 25 heavy (non-hydrogen) atoms. The lowest BCUT2D eigenvalue weighted by Gasteiger charge is -2.20. The molecule has 0 unspecified atom stereocenters. The highest BCUT2D eigenvalue weighted by atomic mass is 16.1. The second kappa shape index (κ2) is 7.51. The van der Waals surface area contributed by atoms with Gasteiger partial charge in [-0.1, -0.05) is 37.3 Å². The van der Waals surface area contributed by atoms with Crippen molar-refractivity contribution in [3.63, 3.8) is 0 Å². The molecule has 2 atom stereocenters. The number of carbonyl (C=O) groups excluding carboxylic acids is 1. The predicted molar refractivity (Wildman–Crippen MR) is 101 cm³/mol. The Morgan fingerprint density at radius 2 is 1.96 bits per heavy atom. The zero-order valence-electron chi connectivity index (χ0n) is 15.1. The van der Waals surface area contributed by atoms with Crippen LogP contribution in [0.15, 0.2) is 54.9 Å². The number of nitrogens with one attached hydrogen (secondary N) is 1. The van der Waals surface area contributed by atoms with Crippen LogP contribution in [0, 0.1) is 6.92 Å². The van der Waals surface area contributed by atoms with Gasteiger partial charge >= 0.3 is 0 Å². The normalized spacial score (nSPS) is 13.6. The van der Waals surface area contributed by atoms with E-state index in [4.69, 9.17) is 0 Å². The molecular formula is C21H25N3O. The Morgan fingerprint density at radius 1 is 1.20 bits per heavy atom. The molecule has 0 aliphatic heterocycles. The molecule has 1 aromatic carbocycles. The van der Waals surface area contributed by atoms with Gasteiger partial charge in [-0.25, -0.2) is 4.98 Å². The maximum atomic E-state index is 12.6. The Morgan fingerprint density at radius 3 is 2.72 bits per heavy atom. The number of rotatable bonds is 6. The summed E-state index contributed by atoms with van der Waals surface area (Å²) in [5.74, 6) is 0.0520. The van der Waals surface area contributed by atoms with Gasteiger partial charge in [0.25, 0.3) is 0 Å². The molecule has 2 aromatic heterocycles. The maximum Gasteiger partial charge on any atom is 0.221 e. The SMILES string of the molecule is CC[C@@H](C)NC(=O)C[C@@H](c1ccccc1C)c1cnc2ccccn12. The van der Waals surface area contributed by atoms with E-state index in [2.05, 4.69) is 40.7 Å². The van der Waals surface area contributed by atoms with Crippen LogP contribution in [-0.2, 0) is 4.79 Å². The minimum atomic E-state index is -0.0253. The van der Waals surface area contributed by atoms with Crippen LogP contribution >= 0.6 is 0 Å². The zero-order valence-corrected chi connectivity index (χ0v) is 15.1. The van der Waals surface area contributed by atoms with Crippen molar-refractivity contribution in [3.05, 3.63) is 71.7 Å². The van der Waals surface area contributed by atoms with E-state index in [9.17, 15) is 4.79 Å². The number of benzene rings is 1. The first kappa shape index (κ1) is 17.2. The third-order valence-electron chi connectivity index (χ3n) is 4.78. The summed E-state index contributed by atoms with van der Waals surface area (Å²) in [4.78, 5) is 17.1. The largest absolute Gasteiger partial charge is 0.354 e. The fourth-order valence-corrected chi connectivity index (χ4v) is 3.18. The first-order valence-electron chi connectivity index (χ1n) is 8.87. The average Bonchev–Trinajstić information content (AvgIpc) is 3.04. The number of imidazole rings is 1. The molecular weight excluding hydrogens is 310 g/mol. The maximum absolute atomic E-state index is 12.6.